The van der Waals surface area contributed by atoms with Crippen LogP contribution < -0.4 is 11.5 Å². The van der Waals surface area contributed by atoms with E-state index in [0.29, 0.717) is 30.0 Å². The van der Waals surface area contributed by atoms with E-state index in [9.17, 15) is 14.4 Å². The molecule has 162 valence electrons. The van der Waals surface area contributed by atoms with E-state index >= 15 is 0 Å². The lowest BCUT2D eigenvalue weighted by atomic mass is 10.1. The number of ketones is 1. The third-order valence-electron chi connectivity index (χ3n) is 5.85. The Morgan fingerprint density at radius 2 is 1.77 bits per heavy atom. The molecule has 2 heterocycles. The van der Waals surface area contributed by atoms with Crippen LogP contribution in [0.1, 0.15) is 22.3 Å². The van der Waals surface area contributed by atoms with Crippen molar-refractivity contribution >= 4 is 35.0 Å². The molecule has 8 heteroatoms. The van der Waals surface area contributed by atoms with Crippen LogP contribution in [0.25, 0.3) is 0 Å². The van der Waals surface area contributed by atoms with Gasteiger partial charge in [0.25, 0.3) is 5.91 Å². The van der Waals surface area contributed by atoms with Crippen LogP contribution in [-0.4, -0.2) is 64.4 Å². The molecule has 7 nitrogen and oxygen atoms in total. The van der Waals surface area contributed by atoms with Crippen molar-refractivity contribution in [3.05, 3.63) is 65.7 Å². The summed E-state index contributed by atoms with van der Waals surface area (Å²) in [7, 11) is 0. The van der Waals surface area contributed by atoms with Gasteiger partial charge in [-0.15, -0.1) is 0 Å². The number of likely N-dealkylation sites (tertiary alicyclic amines) is 2. The van der Waals surface area contributed by atoms with Crippen molar-refractivity contribution in [3.8, 4) is 0 Å². The predicted molar refractivity (Wildman–Crippen MR) is 121 cm³/mol. The fourth-order valence-electron chi connectivity index (χ4n) is 4.29. The highest BCUT2D eigenvalue weighted by Crippen LogP contribution is 2.31. The minimum atomic E-state index is -0.679. The van der Waals surface area contributed by atoms with Gasteiger partial charge in [-0.25, -0.2) is 0 Å². The lowest BCUT2D eigenvalue weighted by Gasteiger charge is -2.26. The molecule has 4 N–H and O–H groups in total. The molecule has 0 saturated carbocycles. The number of hydrogen-bond donors (Lipinski definition) is 2. The van der Waals surface area contributed by atoms with Gasteiger partial charge in [0.15, 0.2) is 5.78 Å². The zero-order valence-electron chi connectivity index (χ0n) is 17.1. The normalized spacial score (nSPS) is 21.3. The van der Waals surface area contributed by atoms with Crippen LogP contribution in [0.4, 0.5) is 5.69 Å². The van der Waals surface area contributed by atoms with Crippen LogP contribution in [0.5, 0.6) is 0 Å². The van der Waals surface area contributed by atoms with Gasteiger partial charge in [-0.1, -0.05) is 30.3 Å². The maximum atomic E-state index is 13.0. The number of Topliss-reactive ketones (excluding diaryl/α,β-unsaturated/α-hetero) is 1. The third kappa shape index (κ3) is 4.45. The van der Waals surface area contributed by atoms with Crippen molar-refractivity contribution in [3.63, 3.8) is 0 Å². The molecule has 2 saturated heterocycles. The van der Waals surface area contributed by atoms with Gasteiger partial charge >= 0.3 is 0 Å². The lowest BCUT2D eigenvalue weighted by molar-refractivity contribution is -0.137. The van der Waals surface area contributed by atoms with Crippen LogP contribution in [0.15, 0.2) is 54.6 Å². The summed E-state index contributed by atoms with van der Waals surface area (Å²) in [5.41, 5.74) is 14.1. The molecule has 2 aromatic rings. The molecular formula is C23H26N4O3S. The molecule has 0 aromatic heterocycles. The summed E-state index contributed by atoms with van der Waals surface area (Å²) >= 11 is 1.60. The highest BCUT2D eigenvalue weighted by atomic mass is 32.2. The van der Waals surface area contributed by atoms with Gasteiger partial charge in [0.05, 0.1) is 18.6 Å². The molecule has 2 aliphatic rings. The molecule has 0 aliphatic carbocycles. The maximum absolute atomic E-state index is 13.0. The summed E-state index contributed by atoms with van der Waals surface area (Å²) < 4.78 is 0. The Bertz CT molecular complexity index is 967. The third-order valence-corrected chi connectivity index (χ3v) is 6.98. The van der Waals surface area contributed by atoms with Gasteiger partial charge in [-0.05, 0) is 36.2 Å². The van der Waals surface area contributed by atoms with E-state index in [4.69, 9.17) is 11.5 Å². The van der Waals surface area contributed by atoms with Crippen LogP contribution in [0.3, 0.4) is 0 Å². The number of nitrogens with zero attached hydrogens (tertiary/aromatic N) is 2. The van der Waals surface area contributed by atoms with Gasteiger partial charge in [-0.3, -0.25) is 14.4 Å². The zero-order chi connectivity index (χ0) is 22.0. The molecule has 0 radical (unpaired) electrons. The van der Waals surface area contributed by atoms with Crippen molar-refractivity contribution in [1.82, 2.24) is 9.80 Å². The number of amides is 2. The summed E-state index contributed by atoms with van der Waals surface area (Å²) in [6, 6.07) is 15.1. The van der Waals surface area contributed by atoms with Gasteiger partial charge in [0, 0.05) is 29.3 Å². The van der Waals surface area contributed by atoms with Crippen molar-refractivity contribution in [2.75, 3.05) is 24.6 Å². The fraction of sp³-hybridized carbons (Fsp3) is 0.348. The van der Waals surface area contributed by atoms with Crippen LogP contribution in [-0.2, 0) is 15.3 Å². The molecule has 2 fully saturated rings. The van der Waals surface area contributed by atoms with Crippen molar-refractivity contribution in [2.24, 2.45) is 5.73 Å². The Labute approximate surface area is 185 Å². The van der Waals surface area contributed by atoms with E-state index in [0.717, 1.165) is 5.75 Å². The number of anilines is 1. The number of nitrogen functional groups attached to an aromatic ring is 1. The second-order valence-electron chi connectivity index (χ2n) is 7.96. The average molecular weight is 439 g/mol. The summed E-state index contributed by atoms with van der Waals surface area (Å²) in [6.07, 6.45) is 0.576. The minimum absolute atomic E-state index is 0.0142. The van der Waals surface area contributed by atoms with Gasteiger partial charge in [-0.2, -0.15) is 11.8 Å². The van der Waals surface area contributed by atoms with E-state index in [1.165, 1.54) is 5.56 Å². The van der Waals surface area contributed by atoms with E-state index in [2.05, 4.69) is 0 Å². The number of rotatable bonds is 6. The van der Waals surface area contributed by atoms with E-state index < -0.39 is 12.1 Å². The highest BCUT2D eigenvalue weighted by Gasteiger charge is 2.51. The minimum Gasteiger partial charge on any atom is -0.399 e. The van der Waals surface area contributed by atoms with Crippen LogP contribution in [0.2, 0.25) is 0 Å². The summed E-state index contributed by atoms with van der Waals surface area (Å²) in [5, 5.41) is 0. The Morgan fingerprint density at radius 1 is 1.06 bits per heavy atom. The fourth-order valence-corrected chi connectivity index (χ4v) is 5.24. The second kappa shape index (κ2) is 9.11. The first-order chi connectivity index (χ1) is 15.0. The first-order valence-corrected chi connectivity index (χ1v) is 11.5. The topological polar surface area (TPSA) is 110 Å². The molecule has 2 aliphatic heterocycles. The predicted octanol–water partition coefficient (Wildman–Crippen LogP) is 1.52. The molecule has 31 heavy (non-hydrogen) atoms. The van der Waals surface area contributed by atoms with Crippen molar-refractivity contribution < 1.29 is 14.4 Å². The van der Waals surface area contributed by atoms with Gasteiger partial charge in [0.1, 0.15) is 6.04 Å². The molecule has 0 bridgehead atoms. The summed E-state index contributed by atoms with van der Waals surface area (Å²) in [6.45, 7) is 0.447. The Kier molecular flexibility index (Phi) is 6.29. The number of nitrogens with two attached hydrogens (primary N) is 2. The summed E-state index contributed by atoms with van der Waals surface area (Å²) in [4.78, 5) is 41.8. The number of hydrogen-bond acceptors (Lipinski definition) is 6. The largest absolute Gasteiger partial charge is 0.399 e. The quantitative estimate of drug-likeness (QED) is 0.662. The van der Waals surface area contributed by atoms with E-state index in [1.54, 1.807) is 45.8 Å². The van der Waals surface area contributed by atoms with E-state index in [-0.39, 0.29) is 30.2 Å². The number of carbonyl (C=O) groups excluding carboxylic acids is 3. The Balaban J connectivity index is 1.37. The average Bonchev–Trinajstić information content (AvgIpc) is 3.35. The number of benzene rings is 2. The van der Waals surface area contributed by atoms with E-state index in [1.807, 2.05) is 30.3 Å². The number of fused-ring (bicyclic) bond motifs is 1. The molecule has 3 atom stereocenters. The number of carbonyl (C=O) groups is 3. The lowest BCUT2D eigenvalue weighted by Crippen LogP contribution is -2.50. The monoisotopic (exact) mass is 438 g/mol. The SMILES string of the molecule is Nc1ccc(C(=O)N2CC(=O)C3C2CCN3C(=O)[C@@H](N)CSCc2ccccc2)cc1. The van der Waals surface area contributed by atoms with Crippen LogP contribution >= 0.6 is 11.8 Å². The molecule has 0 spiro atoms. The van der Waals surface area contributed by atoms with Gasteiger partial charge in [0.2, 0.25) is 5.91 Å². The van der Waals surface area contributed by atoms with Crippen LogP contribution in [0, 0.1) is 0 Å². The zero-order valence-corrected chi connectivity index (χ0v) is 18.0. The molecule has 2 aromatic carbocycles. The highest BCUT2D eigenvalue weighted by molar-refractivity contribution is 7.98. The Morgan fingerprint density at radius 3 is 2.48 bits per heavy atom. The number of thioether (sulfide) groups is 1. The molecule has 4 rings (SSSR count). The smallest absolute Gasteiger partial charge is 0.254 e. The second-order valence-corrected chi connectivity index (χ2v) is 8.99. The molecular weight excluding hydrogens is 412 g/mol. The standard InChI is InChI=1S/C23H26N4O3S/c24-17-8-6-16(7-9-17)22(29)27-12-20(28)21-19(27)10-11-26(21)23(30)18(25)14-31-13-15-4-2-1-3-5-15/h1-9,18-19,21H,10-14,24-25H2/t18-,19?,21?/m0/s1. The first kappa shape index (κ1) is 21.4. The maximum Gasteiger partial charge on any atom is 0.254 e. The van der Waals surface area contributed by atoms with Gasteiger partial charge < -0.3 is 21.3 Å². The van der Waals surface area contributed by atoms with Crippen molar-refractivity contribution in [1.29, 1.82) is 0 Å². The summed E-state index contributed by atoms with van der Waals surface area (Å²) in [5.74, 6) is 0.713. The Hall–Kier alpha value is -2.84. The molecule has 2 unspecified atom stereocenters. The molecule has 2 amide bonds. The first-order valence-electron chi connectivity index (χ1n) is 10.3. The van der Waals surface area contributed by atoms with Crippen molar-refractivity contribution in [2.45, 2.75) is 30.3 Å².